The second kappa shape index (κ2) is 4.87. The number of anilines is 1. The molecule has 1 amide bonds. The predicted molar refractivity (Wildman–Crippen MR) is 49.0 cm³/mol. The Morgan fingerprint density at radius 1 is 1.62 bits per heavy atom. The van der Waals surface area contributed by atoms with E-state index in [1.165, 1.54) is 12.4 Å². The average molecular weight is 178 g/mol. The van der Waals surface area contributed by atoms with Crippen LogP contribution < -0.4 is 5.32 Å². The summed E-state index contributed by atoms with van der Waals surface area (Å²) in [5, 5.41) is 8.59. The lowest BCUT2D eigenvalue weighted by molar-refractivity contribution is -0.111. The summed E-state index contributed by atoms with van der Waals surface area (Å²) in [6, 6.07) is 0. The molecule has 0 atom stereocenters. The Labute approximate surface area is 75.6 Å². The number of H-pyrrole nitrogens is 1. The molecule has 13 heavy (non-hydrogen) atoms. The van der Waals surface area contributed by atoms with Crippen molar-refractivity contribution in [1.82, 2.24) is 15.2 Å². The van der Waals surface area contributed by atoms with E-state index in [4.69, 9.17) is 0 Å². The number of rotatable bonds is 3. The smallest absolute Gasteiger partial charge is 0.250 e. The summed E-state index contributed by atoms with van der Waals surface area (Å²) in [7, 11) is 0. The number of hydrogen-bond acceptors (Lipinski definition) is 3. The number of aromatic amines is 1. The minimum atomic E-state index is -0.241. The van der Waals surface area contributed by atoms with Gasteiger partial charge in [-0.1, -0.05) is 18.2 Å². The number of carbonyl (C=O) groups excluding carboxylic acids is 1. The van der Waals surface area contributed by atoms with Gasteiger partial charge in [-0.25, -0.2) is 5.10 Å². The number of aromatic nitrogens is 3. The molecule has 1 aromatic heterocycles. The van der Waals surface area contributed by atoms with Gasteiger partial charge < -0.3 is 0 Å². The second-order valence-electron chi connectivity index (χ2n) is 2.21. The monoisotopic (exact) mass is 178 g/mol. The van der Waals surface area contributed by atoms with E-state index in [-0.39, 0.29) is 5.91 Å². The van der Waals surface area contributed by atoms with Gasteiger partial charge in [-0.3, -0.25) is 10.1 Å². The highest BCUT2D eigenvalue weighted by Gasteiger charge is 1.97. The number of allylic oxidation sites excluding steroid dienone is 3. The third-order valence-corrected chi connectivity index (χ3v) is 1.21. The van der Waals surface area contributed by atoms with Crippen LogP contribution >= 0.6 is 0 Å². The fourth-order valence-electron chi connectivity index (χ4n) is 0.678. The molecule has 5 heteroatoms. The SMILES string of the molecule is C/C=C/C=C/C(=O)Nc1ncn[nH]1. The first-order valence-electron chi connectivity index (χ1n) is 3.78. The minimum absolute atomic E-state index is 0.241. The minimum Gasteiger partial charge on any atom is -0.291 e. The van der Waals surface area contributed by atoms with Gasteiger partial charge in [0.25, 0.3) is 5.91 Å². The van der Waals surface area contributed by atoms with Crippen LogP contribution in [-0.4, -0.2) is 21.1 Å². The molecule has 0 spiro atoms. The summed E-state index contributed by atoms with van der Waals surface area (Å²) < 4.78 is 0. The first-order chi connectivity index (χ1) is 6.33. The summed E-state index contributed by atoms with van der Waals surface area (Å²) in [4.78, 5) is 14.8. The number of carbonyl (C=O) groups is 1. The standard InChI is InChI=1S/C8H10N4O/c1-2-3-4-5-7(13)11-8-9-6-10-12-8/h2-6H,1H3,(H2,9,10,11,12,13)/b3-2+,5-4+. The van der Waals surface area contributed by atoms with Gasteiger partial charge in [-0.2, -0.15) is 10.1 Å². The van der Waals surface area contributed by atoms with E-state index in [0.29, 0.717) is 5.95 Å². The Balaban J connectivity index is 2.42. The van der Waals surface area contributed by atoms with Crippen LogP contribution in [0.3, 0.4) is 0 Å². The van der Waals surface area contributed by atoms with E-state index in [0.717, 1.165) is 0 Å². The van der Waals surface area contributed by atoms with Crippen molar-refractivity contribution in [2.75, 3.05) is 5.32 Å². The Bertz CT molecular complexity index is 313. The molecule has 0 radical (unpaired) electrons. The van der Waals surface area contributed by atoms with E-state index >= 15 is 0 Å². The summed E-state index contributed by atoms with van der Waals surface area (Å²) in [6.45, 7) is 1.87. The molecule has 0 fully saturated rings. The highest BCUT2D eigenvalue weighted by atomic mass is 16.1. The largest absolute Gasteiger partial charge is 0.291 e. The van der Waals surface area contributed by atoms with E-state index in [1.54, 1.807) is 12.2 Å². The molecule has 0 aliphatic heterocycles. The number of nitrogens with one attached hydrogen (secondary N) is 2. The highest BCUT2D eigenvalue weighted by molar-refractivity contribution is 5.98. The molecule has 2 N–H and O–H groups in total. The molecule has 0 bridgehead atoms. The molecule has 68 valence electrons. The maximum absolute atomic E-state index is 11.1. The zero-order valence-corrected chi connectivity index (χ0v) is 7.19. The molecular formula is C8H10N4O. The molecule has 0 saturated carbocycles. The normalized spacial score (nSPS) is 11.2. The van der Waals surface area contributed by atoms with E-state index < -0.39 is 0 Å². The van der Waals surface area contributed by atoms with Crippen LogP contribution in [0.15, 0.2) is 30.6 Å². The maximum atomic E-state index is 11.1. The molecule has 0 aliphatic carbocycles. The number of amides is 1. The topological polar surface area (TPSA) is 70.7 Å². The molecular weight excluding hydrogens is 168 g/mol. The highest BCUT2D eigenvalue weighted by Crippen LogP contribution is 1.92. The van der Waals surface area contributed by atoms with Crippen molar-refractivity contribution in [3.8, 4) is 0 Å². The van der Waals surface area contributed by atoms with Gasteiger partial charge in [0.15, 0.2) is 0 Å². The fourth-order valence-corrected chi connectivity index (χ4v) is 0.678. The summed E-state index contributed by atoms with van der Waals surface area (Å²) in [5.41, 5.74) is 0. The van der Waals surface area contributed by atoms with Crippen LogP contribution in [0.25, 0.3) is 0 Å². The first-order valence-corrected chi connectivity index (χ1v) is 3.78. The fraction of sp³-hybridized carbons (Fsp3) is 0.125. The van der Waals surface area contributed by atoms with Crippen molar-refractivity contribution in [3.63, 3.8) is 0 Å². The van der Waals surface area contributed by atoms with Crippen LogP contribution in [0.1, 0.15) is 6.92 Å². The lowest BCUT2D eigenvalue weighted by Crippen LogP contribution is -2.08. The Kier molecular flexibility index (Phi) is 3.44. The van der Waals surface area contributed by atoms with Crippen molar-refractivity contribution in [3.05, 3.63) is 30.6 Å². The van der Waals surface area contributed by atoms with Crippen molar-refractivity contribution >= 4 is 11.9 Å². The number of hydrogen-bond donors (Lipinski definition) is 2. The predicted octanol–water partition coefficient (Wildman–Crippen LogP) is 0.875. The second-order valence-corrected chi connectivity index (χ2v) is 2.21. The quantitative estimate of drug-likeness (QED) is 0.533. The summed E-state index contributed by atoms with van der Waals surface area (Å²) in [6.07, 6.45) is 7.97. The lowest BCUT2D eigenvalue weighted by atomic mass is 10.4. The third-order valence-electron chi connectivity index (χ3n) is 1.21. The van der Waals surface area contributed by atoms with E-state index in [2.05, 4.69) is 20.5 Å². The molecule has 0 unspecified atom stereocenters. The summed E-state index contributed by atoms with van der Waals surface area (Å²) >= 11 is 0. The first kappa shape index (κ1) is 9.18. The molecule has 1 rings (SSSR count). The molecule has 0 aromatic carbocycles. The van der Waals surface area contributed by atoms with Crippen LogP contribution in [0.2, 0.25) is 0 Å². The zero-order valence-electron chi connectivity index (χ0n) is 7.19. The molecule has 0 aliphatic rings. The van der Waals surface area contributed by atoms with Crippen molar-refractivity contribution in [2.24, 2.45) is 0 Å². The van der Waals surface area contributed by atoms with Gasteiger partial charge in [-0.05, 0) is 6.92 Å². The lowest BCUT2D eigenvalue weighted by Gasteiger charge is -1.92. The molecule has 5 nitrogen and oxygen atoms in total. The van der Waals surface area contributed by atoms with Crippen molar-refractivity contribution in [1.29, 1.82) is 0 Å². The van der Waals surface area contributed by atoms with Gasteiger partial charge in [0, 0.05) is 6.08 Å². The third kappa shape index (κ3) is 3.33. The van der Waals surface area contributed by atoms with Crippen LogP contribution in [0.5, 0.6) is 0 Å². The van der Waals surface area contributed by atoms with Crippen LogP contribution in [0, 0.1) is 0 Å². The average Bonchev–Trinajstić information content (AvgIpc) is 2.57. The van der Waals surface area contributed by atoms with E-state index in [9.17, 15) is 4.79 Å². The molecule has 0 saturated heterocycles. The van der Waals surface area contributed by atoms with Gasteiger partial charge >= 0.3 is 0 Å². The molecule has 1 heterocycles. The zero-order chi connectivity index (χ0) is 9.52. The summed E-state index contributed by atoms with van der Waals surface area (Å²) in [5.74, 6) is 0.102. The van der Waals surface area contributed by atoms with E-state index in [1.807, 2.05) is 13.0 Å². The number of nitrogens with zero attached hydrogens (tertiary/aromatic N) is 2. The van der Waals surface area contributed by atoms with Gasteiger partial charge in [0.05, 0.1) is 0 Å². The van der Waals surface area contributed by atoms with Crippen molar-refractivity contribution < 1.29 is 4.79 Å². The van der Waals surface area contributed by atoms with Crippen LogP contribution in [-0.2, 0) is 4.79 Å². The van der Waals surface area contributed by atoms with Crippen LogP contribution in [0.4, 0.5) is 5.95 Å². The maximum Gasteiger partial charge on any atom is 0.250 e. The Morgan fingerprint density at radius 3 is 3.08 bits per heavy atom. The molecule has 1 aromatic rings. The van der Waals surface area contributed by atoms with Crippen molar-refractivity contribution in [2.45, 2.75) is 6.92 Å². The van der Waals surface area contributed by atoms with Gasteiger partial charge in [-0.15, -0.1) is 0 Å². The Hall–Kier alpha value is -1.91. The van der Waals surface area contributed by atoms with Gasteiger partial charge in [0.2, 0.25) is 5.95 Å². The Morgan fingerprint density at radius 2 is 2.46 bits per heavy atom. The van der Waals surface area contributed by atoms with Gasteiger partial charge in [0.1, 0.15) is 6.33 Å².